The van der Waals surface area contributed by atoms with Crippen LogP contribution < -0.4 is 5.56 Å². The summed E-state index contributed by atoms with van der Waals surface area (Å²) in [5.74, 6) is 1.30. The van der Waals surface area contributed by atoms with Gasteiger partial charge < -0.3 is 9.84 Å². The maximum absolute atomic E-state index is 13.2. The second-order valence-corrected chi connectivity index (χ2v) is 8.84. The molecule has 5 nitrogen and oxygen atoms in total. The van der Waals surface area contributed by atoms with Gasteiger partial charge in [-0.15, -0.1) is 11.3 Å². The third-order valence-electron chi connectivity index (χ3n) is 5.42. The lowest BCUT2D eigenvalue weighted by atomic mass is 9.89. The van der Waals surface area contributed by atoms with E-state index in [9.17, 15) is 9.90 Å². The molecule has 0 bridgehead atoms. The standard InChI is InChI=1S/C22H26N2O3S/c1-14-8-9-18-19(10-14)28-21-20(18)22(26)24(15(2)23-21)11-17(25)13-27-12-16-6-4-3-5-7-16/h3-7,14,17,25H,8-13H2,1-2H3/t14-,17-/m0/s1. The Kier molecular flexibility index (Phi) is 5.62. The summed E-state index contributed by atoms with van der Waals surface area (Å²) in [5, 5.41) is 11.2. The molecule has 28 heavy (non-hydrogen) atoms. The van der Waals surface area contributed by atoms with Crippen LogP contribution in [0.2, 0.25) is 0 Å². The summed E-state index contributed by atoms with van der Waals surface area (Å²) >= 11 is 1.66. The highest BCUT2D eigenvalue weighted by molar-refractivity contribution is 7.18. The quantitative estimate of drug-likeness (QED) is 0.691. The molecule has 0 spiro atoms. The summed E-state index contributed by atoms with van der Waals surface area (Å²) in [6, 6.07) is 9.85. The number of aryl methyl sites for hydroxylation is 2. The smallest absolute Gasteiger partial charge is 0.262 e. The van der Waals surface area contributed by atoms with E-state index in [1.807, 2.05) is 37.3 Å². The van der Waals surface area contributed by atoms with E-state index in [4.69, 9.17) is 4.74 Å². The molecule has 3 aromatic rings. The minimum atomic E-state index is -0.756. The number of benzene rings is 1. The fourth-order valence-electron chi connectivity index (χ4n) is 3.89. The van der Waals surface area contributed by atoms with Crippen LogP contribution in [0.25, 0.3) is 10.2 Å². The first-order valence-corrected chi connectivity index (χ1v) is 10.7. The minimum Gasteiger partial charge on any atom is -0.389 e. The van der Waals surface area contributed by atoms with E-state index in [0.717, 1.165) is 35.0 Å². The van der Waals surface area contributed by atoms with E-state index in [0.29, 0.717) is 18.3 Å². The Morgan fingerprint density at radius 1 is 1.36 bits per heavy atom. The van der Waals surface area contributed by atoms with E-state index in [2.05, 4.69) is 11.9 Å². The van der Waals surface area contributed by atoms with Crippen LogP contribution in [-0.4, -0.2) is 27.4 Å². The number of thiophene rings is 1. The molecule has 1 aliphatic carbocycles. The molecule has 148 valence electrons. The van der Waals surface area contributed by atoms with Crippen molar-refractivity contribution < 1.29 is 9.84 Å². The van der Waals surface area contributed by atoms with Gasteiger partial charge in [0, 0.05) is 4.88 Å². The summed E-state index contributed by atoms with van der Waals surface area (Å²) in [6.45, 7) is 4.91. The van der Waals surface area contributed by atoms with Gasteiger partial charge in [0.2, 0.25) is 0 Å². The van der Waals surface area contributed by atoms with Gasteiger partial charge in [-0.2, -0.15) is 0 Å². The Morgan fingerprint density at radius 3 is 2.93 bits per heavy atom. The number of aromatic nitrogens is 2. The van der Waals surface area contributed by atoms with Crippen molar-refractivity contribution in [2.24, 2.45) is 5.92 Å². The highest BCUT2D eigenvalue weighted by atomic mass is 32.1. The number of rotatable bonds is 6. The van der Waals surface area contributed by atoms with Gasteiger partial charge in [0.15, 0.2) is 0 Å². The van der Waals surface area contributed by atoms with E-state index < -0.39 is 6.10 Å². The first-order chi connectivity index (χ1) is 13.5. The van der Waals surface area contributed by atoms with Gasteiger partial charge in [0.1, 0.15) is 10.7 Å². The fraction of sp³-hybridized carbons (Fsp3) is 0.455. The zero-order valence-corrected chi connectivity index (χ0v) is 17.2. The molecule has 2 aromatic heterocycles. The second kappa shape index (κ2) is 8.15. The topological polar surface area (TPSA) is 64.4 Å². The van der Waals surface area contributed by atoms with Gasteiger partial charge >= 0.3 is 0 Å². The summed E-state index contributed by atoms with van der Waals surface area (Å²) in [4.78, 5) is 20.0. The second-order valence-electron chi connectivity index (χ2n) is 7.76. The van der Waals surface area contributed by atoms with Gasteiger partial charge in [0.25, 0.3) is 5.56 Å². The maximum Gasteiger partial charge on any atom is 0.262 e. The molecule has 4 rings (SSSR count). The number of aliphatic hydroxyl groups excluding tert-OH is 1. The number of hydrogen-bond acceptors (Lipinski definition) is 5. The van der Waals surface area contributed by atoms with E-state index in [-0.39, 0.29) is 18.7 Å². The molecular weight excluding hydrogens is 372 g/mol. The molecule has 0 amide bonds. The zero-order valence-electron chi connectivity index (χ0n) is 16.4. The number of ether oxygens (including phenoxy) is 1. The number of fused-ring (bicyclic) bond motifs is 3. The van der Waals surface area contributed by atoms with Crippen LogP contribution in [0.5, 0.6) is 0 Å². The van der Waals surface area contributed by atoms with Crippen molar-refractivity contribution in [3.63, 3.8) is 0 Å². The largest absolute Gasteiger partial charge is 0.389 e. The summed E-state index contributed by atoms with van der Waals surface area (Å²) in [7, 11) is 0. The van der Waals surface area contributed by atoms with Crippen LogP contribution in [0.15, 0.2) is 35.1 Å². The average Bonchev–Trinajstić information content (AvgIpc) is 3.03. The molecule has 0 fully saturated rings. The third-order valence-corrected chi connectivity index (χ3v) is 6.57. The van der Waals surface area contributed by atoms with E-state index >= 15 is 0 Å². The van der Waals surface area contributed by atoms with Gasteiger partial charge in [-0.3, -0.25) is 9.36 Å². The lowest BCUT2D eigenvalue weighted by molar-refractivity contribution is 0.0195. The number of aliphatic hydroxyl groups is 1. The third kappa shape index (κ3) is 3.90. The van der Waals surface area contributed by atoms with Crippen LogP contribution >= 0.6 is 11.3 Å². The Labute approximate surface area is 168 Å². The molecule has 1 N–H and O–H groups in total. The fourth-order valence-corrected chi connectivity index (χ4v) is 5.31. The maximum atomic E-state index is 13.2. The normalized spacial score (nSPS) is 17.6. The van der Waals surface area contributed by atoms with Crippen LogP contribution in [0.1, 0.15) is 35.2 Å². The van der Waals surface area contributed by atoms with Crippen molar-refractivity contribution in [1.82, 2.24) is 9.55 Å². The van der Waals surface area contributed by atoms with Gasteiger partial charge in [-0.05, 0) is 43.2 Å². The van der Waals surface area contributed by atoms with E-state index in [1.54, 1.807) is 15.9 Å². The van der Waals surface area contributed by atoms with Gasteiger partial charge in [-0.25, -0.2) is 4.98 Å². The van der Waals surface area contributed by atoms with Gasteiger partial charge in [-0.1, -0.05) is 37.3 Å². The molecule has 1 aromatic carbocycles. The monoisotopic (exact) mass is 398 g/mol. The van der Waals surface area contributed by atoms with Crippen molar-refractivity contribution in [3.05, 3.63) is 62.5 Å². The van der Waals surface area contributed by atoms with Crippen LogP contribution in [-0.2, 0) is 30.7 Å². The van der Waals surface area contributed by atoms with Crippen molar-refractivity contribution >= 4 is 21.6 Å². The number of nitrogens with zero attached hydrogens (tertiary/aromatic N) is 2. The molecular formula is C22H26N2O3S. The van der Waals surface area contributed by atoms with Crippen molar-refractivity contribution in [2.45, 2.75) is 52.4 Å². The molecule has 0 unspecified atom stereocenters. The van der Waals surface area contributed by atoms with Crippen LogP contribution in [0.4, 0.5) is 0 Å². The Morgan fingerprint density at radius 2 is 2.14 bits per heavy atom. The number of hydrogen-bond donors (Lipinski definition) is 1. The van der Waals surface area contributed by atoms with Crippen LogP contribution in [0, 0.1) is 12.8 Å². The average molecular weight is 399 g/mol. The highest BCUT2D eigenvalue weighted by Crippen LogP contribution is 2.35. The predicted octanol–water partition coefficient (Wildman–Crippen LogP) is 3.47. The molecule has 2 atom stereocenters. The van der Waals surface area contributed by atoms with E-state index in [1.165, 1.54) is 10.4 Å². The van der Waals surface area contributed by atoms with Crippen molar-refractivity contribution in [1.29, 1.82) is 0 Å². The minimum absolute atomic E-state index is 0.0309. The van der Waals surface area contributed by atoms with Crippen molar-refractivity contribution in [2.75, 3.05) is 6.61 Å². The lowest BCUT2D eigenvalue weighted by Crippen LogP contribution is -2.31. The molecule has 1 aliphatic rings. The lowest BCUT2D eigenvalue weighted by Gasteiger charge is -2.18. The summed E-state index contributed by atoms with van der Waals surface area (Å²) < 4.78 is 7.23. The highest BCUT2D eigenvalue weighted by Gasteiger charge is 2.24. The first kappa shape index (κ1) is 19.3. The zero-order chi connectivity index (χ0) is 19.7. The molecule has 0 radical (unpaired) electrons. The molecule has 0 saturated heterocycles. The molecule has 0 aliphatic heterocycles. The predicted molar refractivity (Wildman–Crippen MR) is 112 cm³/mol. The van der Waals surface area contributed by atoms with Crippen LogP contribution in [0.3, 0.4) is 0 Å². The molecule has 0 saturated carbocycles. The first-order valence-electron chi connectivity index (χ1n) is 9.84. The SMILES string of the molecule is Cc1nc2sc3c(c2c(=O)n1C[C@H](O)COCc1ccccc1)CC[C@H](C)C3. The van der Waals surface area contributed by atoms with Crippen molar-refractivity contribution in [3.8, 4) is 0 Å². The Bertz CT molecular complexity index is 1030. The Balaban J connectivity index is 1.51. The molecule has 6 heteroatoms. The molecule has 2 heterocycles. The Hall–Kier alpha value is -2.02. The summed E-state index contributed by atoms with van der Waals surface area (Å²) in [5.41, 5.74) is 2.21. The van der Waals surface area contributed by atoms with Gasteiger partial charge in [0.05, 0.1) is 31.2 Å². The summed E-state index contributed by atoms with van der Waals surface area (Å²) in [6.07, 6.45) is 2.33.